The van der Waals surface area contributed by atoms with Gasteiger partial charge in [0.15, 0.2) is 0 Å². The summed E-state index contributed by atoms with van der Waals surface area (Å²) in [6.07, 6.45) is -4.20. The van der Waals surface area contributed by atoms with Crippen LogP contribution < -0.4 is 5.43 Å². The summed E-state index contributed by atoms with van der Waals surface area (Å²) in [4.78, 5) is 10.1. The molecule has 1 aromatic rings. The van der Waals surface area contributed by atoms with Crippen LogP contribution >= 0.6 is 0 Å². The molecule has 0 atom stereocenters. The average molecular weight is 271 g/mol. The number of halogens is 3. The third-order valence-corrected chi connectivity index (χ3v) is 2.28. The van der Waals surface area contributed by atoms with E-state index in [0.717, 1.165) is 0 Å². The van der Waals surface area contributed by atoms with Gasteiger partial charge >= 0.3 is 16.3 Å². The molecule has 0 amide bonds. The molecule has 1 heterocycles. The largest absolute Gasteiger partial charge is 0.420 e. The monoisotopic (exact) mass is 271 g/mol. The van der Waals surface area contributed by atoms with Crippen LogP contribution in [0.1, 0.15) is 5.56 Å². The Morgan fingerprint density at radius 2 is 2.12 bits per heavy atom. The van der Waals surface area contributed by atoms with Gasteiger partial charge in [0.25, 0.3) is 0 Å². The normalized spacial score (nSPS) is 12.0. The number of carbonyl (C=O) groups excluding carboxylic acids is 1. The summed E-state index contributed by atoms with van der Waals surface area (Å²) < 4.78 is 67.0. The summed E-state index contributed by atoms with van der Waals surface area (Å²) in [6.45, 7) is 0. The Morgan fingerprint density at radius 1 is 1.53 bits per heavy atom. The Hall–Kier alpha value is -1.84. The van der Waals surface area contributed by atoms with E-state index in [1.54, 1.807) is 0 Å². The maximum Gasteiger partial charge on any atom is 0.420 e. The molecular weight excluding hydrogens is 267 g/mol. The van der Waals surface area contributed by atoms with Gasteiger partial charge in [-0.15, -0.1) is 5.10 Å². The minimum atomic E-state index is -5.13. The highest BCUT2D eigenvalue weighted by molar-refractivity contribution is 7.85. The third-order valence-electron chi connectivity index (χ3n) is 1.49. The molecule has 11 heteroatoms. The van der Waals surface area contributed by atoms with E-state index in [4.69, 9.17) is 4.55 Å². The van der Waals surface area contributed by atoms with Gasteiger partial charge in [-0.05, 0) is 0 Å². The van der Waals surface area contributed by atoms with E-state index in [1.165, 1.54) is 5.94 Å². The maximum atomic E-state index is 12.4. The van der Waals surface area contributed by atoms with Crippen molar-refractivity contribution in [2.24, 2.45) is 0 Å². The molecule has 0 bridgehead atoms. The molecule has 0 aliphatic carbocycles. The lowest BCUT2D eigenvalue weighted by Gasteiger charge is -2.03. The Labute approximate surface area is 92.3 Å². The van der Waals surface area contributed by atoms with Gasteiger partial charge in [-0.2, -0.15) is 26.4 Å². The van der Waals surface area contributed by atoms with Gasteiger partial charge in [0, 0.05) is 0 Å². The number of nitrogens with zero attached hydrogens (tertiary/aromatic N) is 2. The number of rotatable bonds is 3. The molecule has 1 rings (SSSR count). The number of hydrogen-bond acceptors (Lipinski definition) is 5. The van der Waals surface area contributed by atoms with Crippen molar-refractivity contribution >= 4 is 16.1 Å². The first kappa shape index (κ1) is 13.2. The van der Waals surface area contributed by atoms with Crippen molar-refractivity contribution in [2.75, 3.05) is 5.43 Å². The highest BCUT2D eigenvalue weighted by Gasteiger charge is 2.40. The molecule has 7 nitrogen and oxygen atoms in total. The zero-order valence-corrected chi connectivity index (χ0v) is 8.58. The van der Waals surface area contributed by atoms with Crippen molar-refractivity contribution in [3.63, 3.8) is 0 Å². The summed E-state index contributed by atoms with van der Waals surface area (Å²) in [6, 6.07) is 0. The van der Waals surface area contributed by atoms with Crippen LogP contribution in [0.15, 0.2) is 17.4 Å². The van der Waals surface area contributed by atoms with E-state index in [1.807, 2.05) is 5.43 Å². The predicted octanol–water partition coefficient (Wildman–Crippen LogP) is 0.0374. The minimum absolute atomic E-state index is 0.261. The van der Waals surface area contributed by atoms with Crippen molar-refractivity contribution in [3.05, 3.63) is 18.0 Å². The van der Waals surface area contributed by atoms with Gasteiger partial charge in [0.05, 0.1) is 6.20 Å². The highest BCUT2D eigenvalue weighted by Crippen LogP contribution is 2.33. The van der Waals surface area contributed by atoms with Crippen LogP contribution in [0.3, 0.4) is 0 Å². The number of nitrogens with one attached hydrogen (secondary N) is 1. The molecule has 0 saturated heterocycles. The van der Waals surface area contributed by atoms with Gasteiger partial charge in [0.1, 0.15) is 17.7 Å². The van der Waals surface area contributed by atoms with Crippen LogP contribution in [0.2, 0.25) is 0 Å². The Balaban J connectivity index is 3.37. The van der Waals surface area contributed by atoms with Crippen LogP contribution in [0, 0.1) is 0 Å². The first-order valence-electron chi connectivity index (χ1n) is 3.76. The van der Waals surface area contributed by atoms with Gasteiger partial charge in [-0.25, -0.2) is 4.79 Å². The first-order chi connectivity index (χ1) is 7.66. The van der Waals surface area contributed by atoms with E-state index >= 15 is 0 Å². The SMILES string of the molecule is O=C=CNn1cc(C(F)(F)F)c(S(=O)(=O)O)n1. The molecule has 17 heavy (non-hydrogen) atoms. The van der Waals surface area contributed by atoms with Gasteiger partial charge in [-0.3, -0.25) is 9.98 Å². The van der Waals surface area contributed by atoms with Crippen LogP contribution in [-0.2, 0) is 21.1 Å². The van der Waals surface area contributed by atoms with Crippen molar-refractivity contribution < 1.29 is 30.9 Å². The number of aromatic nitrogens is 2. The summed E-state index contributed by atoms with van der Waals surface area (Å²) in [5.74, 6) is 1.18. The van der Waals surface area contributed by atoms with E-state index in [2.05, 4.69) is 5.10 Å². The number of hydrogen-bond donors (Lipinski definition) is 2. The van der Waals surface area contributed by atoms with Crippen molar-refractivity contribution in [3.8, 4) is 0 Å². The van der Waals surface area contributed by atoms with Crippen LogP contribution in [0.4, 0.5) is 13.2 Å². The van der Waals surface area contributed by atoms with Gasteiger partial charge < -0.3 is 0 Å². The van der Waals surface area contributed by atoms with Crippen molar-refractivity contribution in [2.45, 2.75) is 11.2 Å². The zero-order chi connectivity index (χ0) is 13.3. The molecule has 0 saturated carbocycles. The topological polar surface area (TPSA) is 101 Å². The minimum Gasteiger partial charge on any atom is -0.281 e. The van der Waals surface area contributed by atoms with Gasteiger partial charge in [0.2, 0.25) is 5.03 Å². The second-order valence-electron chi connectivity index (χ2n) is 2.66. The second kappa shape index (κ2) is 4.20. The van der Waals surface area contributed by atoms with Gasteiger partial charge in [-0.1, -0.05) is 0 Å². The first-order valence-corrected chi connectivity index (χ1v) is 5.20. The van der Waals surface area contributed by atoms with Crippen LogP contribution in [-0.4, -0.2) is 28.8 Å². The lowest BCUT2D eigenvalue weighted by atomic mass is 10.4. The van der Waals surface area contributed by atoms with Crippen molar-refractivity contribution in [1.29, 1.82) is 0 Å². The zero-order valence-electron chi connectivity index (χ0n) is 7.76. The molecule has 0 unspecified atom stereocenters. The lowest BCUT2D eigenvalue weighted by molar-refractivity contribution is -0.140. The standard InChI is InChI=1S/C6H4F3N3O4S/c7-6(8,9)4-3-12(10-1-2-13)11-5(4)17(14,15)16/h1,3,10H,(H,14,15,16). The molecule has 0 aromatic carbocycles. The lowest BCUT2D eigenvalue weighted by Crippen LogP contribution is -2.11. The molecule has 0 aliphatic heterocycles. The maximum absolute atomic E-state index is 12.4. The molecule has 0 fully saturated rings. The molecular formula is C6H4F3N3O4S. The summed E-state index contributed by atoms with van der Waals surface area (Å²) >= 11 is 0. The molecule has 2 N–H and O–H groups in total. The highest BCUT2D eigenvalue weighted by atomic mass is 32.2. The summed E-state index contributed by atoms with van der Waals surface area (Å²) in [5.41, 5.74) is 0.220. The quantitative estimate of drug-likeness (QED) is 0.594. The Morgan fingerprint density at radius 3 is 2.47 bits per heavy atom. The van der Waals surface area contributed by atoms with Crippen LogP contribution in [0.5, 0.6) is 0 Å². The van der Waals surface area contributed by atoms with E-state index < -0.39 is 26.9 Å². The molecule has 0 spiro atoms. The van der Waals surface area contributed by atoms with E-state index in [0.29, 0.717) is 11.0 Å². The average Bonchev–Trinajstić information content (AvgIpc) is 2.57. The van der Waals surface area contributed by atoms with E-state index in [9.17, 15) is 26.4 Å². The Bertz CT molecular complexity index is 570. The molecule has 1 aromatic heterocycles. The fourth-order valence-corrected chi connectivity index (χ4v) is 1.54. The molecule has 94 valence electrons. The summed E-state index contributed by atoms with van der Waals surface area (Å²) in [7, 11) is -5.13. The molecule has 0 aliphatic rings. The van der Waals surface area contributed by atoms with E-state index in [-0.39, 0.29) is 6.20 Å². The fourth-order valence-electron chi connectivity index (χ4n) is 0.902. The second-order valence-corrected chi connectivity index (χ2v) is 3.99. The van der Waals surface area contributed by atoms with Crippen LogP contribution in [0.25, 0.3) is 0 Å². The Kier molecular flexibility index (Phi) is 3.27. The van der Waals surface area contributed by atoms with Crippen molar-refractivity contribution in [1.82, 2.24) is 9.89 Å². The fraction of sp³-hybridized carbons (Fsp3) is 0.167. The predicted molar refractivity (Wildman–Crippen MR) is 46.7 cm³/mol. The number of alkyl halides is 3. The molecule has 0 radical (unpaired) electrons. The smallest absolute Gasteiger partial charge is 0.281 e. The summed E-state index contributed by atoms with van der Waals surface area (Å²) in [5, 5.41) is 1.36. The third kappa shape index (κ3) is 3.06.